The second-order valence-electron chi connectivity index (χ2n) is 5.25. The average molecular weight is 310 g/mol. The van der Waals surface area contributed by atoms with E-state index in [0.29, 0.717) is 6.42 Å². The number of hydrogen-bond acceptors (Lipinski definition) is 4. The second kappa shape index (κ2) is 6.15. The highest BCUT2D eigenvalue weighted by Gasteiger charge is 2.41. The van der Waals surface area contributed by atoms with Gasteiger partial charge in [-0.2, -0.15) is 0 Å². The molecule has 0 saturated carbocycles. The molecule has 1 fully saturated rings. The highest BCUT2D eigenvalue weighted by atomic mass is 32.2. The van der Waals surface area contributed by atoms with Crippen molar-refractivity contribution in [2.24, 2.45) is 0 Å². The van der Waals surface area contributed by atoms with Crippen LogP contribution in [0.3, 0.4) is 0 Å². The SMILES string of the molecule is CCN(CC)C1CCN(S(=O)(=O)c2ccc(C)cc2)C1=O. The smallest absolute Gasteiger partial charge is 0.266 e. The van der Waals surface area contributed by atoms with E-state index < -0.39 is 10.0 Å². The van der Waals surface area contributed by atoms with E-state index in [0.717, 1.165) is 23.0 Å². The van der Waals surface area contributed by atoms with Gasteiger partial charge in [-0.25, -0.2) is 12.7 Å². The number of hydrogen-bond donors (Lipinski definition) is 0. The number of carbonyl (C=O) groups excluding carboxylic acids is 1. The van der Waals surface area contributed by atoms with Gasteiger partial charge in [-0.05, 0) is 38.6 Å². The molecule has 1 unspecified atom stereocenters. The predicted molar refractivity (Wildman–Crippen MR) is 81.4 cm³/mol. The molecule has 1 aromatic carbocycles. The Morgan fingerprint density at radius 2 is 1.76 bits per heavy atom. The molecular weight excluding hydrogens is 288 g/mol. The summed E-state index contributed by atoms with van der Waals surface area (Å²) in [6.07, 6.45) is 0.561. The Bertz CT molecular complexity index is 606. The van der Waals surface area contributed by atoms with Crippen molar-refractivity contribution < 1.29 is 13.2 Å². The first-order chi connectivity index (χ1) is 9.91. The Morgan fingerprint density at radius 3 is 2.29 bits per heavy atom. The highest BCUT2D eigenvalue weighted by Crippen LogP contribution is 2.25. The fourth-order valence-electron chi connectivity index (χ4n) is 2.72. The van der Waals surface area contributed by atoms with Crippen LogP contribution in [-0.2, 0) is 14.8 Å². The summed E-state index contributed by atoms with van der Waals surface area (Å²) in [7, 11) is -3.73. The first-order valence-corrected chi connectivity index (χ1v) is 8.73. The van der Waals surface area contributed by atoms with Gasteiger partial charge in [0.25, 0.3) is 15.9 Å². The molecule has 0 radical (unpaired) electrons. The lowest BCUT2D eigenvalue weighted by molar-refractivity contribution is -0.128. The van der Waals surface area contributed by atoms with E-state index in [1.54, 1.807) is 24.3 Å². The third kappa shape index (κ3) is 2.96. The molecule has 0 aromatic heterocycles. The number of amides is 1. The number of sulfonamides is 1. The fraction of sp³-hybridized carbons (Fsp3) is 0.533. The molecular formula is C15H22N2O3S. The Balaban J connectivity index is 2.26. The van der Waals surface area contributed by atoms with E-state index in [1.165, 1.54) is 0 Å². The van der Waals surface area contributed by atoms with Gasteiger partial charge in [0.1, 0.15) is 0 Å². The monoisotopic (exact) mass is 310 g/mol. The molecule has 1 aliphatic rings. The van der Waals surface area contributed by atoms with Gasteiger partial charge in [0, 0.05) is 6.54 Å². The zero-order chi connectivity index (χ0) is 15.6. The third-order valence-electron chi connectivity index (χ3n) is 4.00. The molecule has 2 rings (SSSR count). The summed E-state index contributed by atoms with van der Waals surface area (Å²) in [5.41, 5.74) is 0.989. The number of likely N-dealkylation sites (N-methyl/N-ethyl adjacent to an activating group) is 1. The van der Waals surface area contributed by atoms with Crippen LogP contribution in [0, 0.1) is 6.92 Å². The first kappa shape index (κ1) is 16.0. The lowest BCUT2D eigenvalue weighted by Gasteiger charge is -2.24. The van der Waals surface area contributed by atoms with Gasteiger partial charge >= 0.3 is 0 Å². The summed E-state index contributed by atoms with van der Waals surface area (Å²) >= 11 is 0. The van der Waals surface area contributed by atoms with E-state index in [9.17, 15) is 13.2 Å². The fourth-order valence-corrected chi connectivity index (χ4v) is 4.16. The summed E-state index contributed by atoms with van der Waals surface area (Å²) in [4.78, 5) is 14.6. The lowest BCUT2D eigenvalue weighted by Crippen LogP contribution is -2.43. The van der Waals surface area contributed by atoms with Gasteiger partial charge in [0.2, 0.25) is 0 Å². The summed E-state index contributed by atoms with van der Waals surface area (Å²) in [5, 5.41) is 0. The van der Waals surface area contributed by atoms with Crippen molar-refractivity contribution in [3.05, 3.63) is 29.8 Å². The van der Waals surface area contributed by atoms with Crippen LogP contribution in [0.5, 0.6) is 0 Å². The van der Waals surface area contributed by atoms with E-state index in [1.807, 2.05) is 25.7 Å². The van der Waals surface area contributed by atoms with Crippen molar-refractivity contribution in [1.29, 1.82) is 0 Å². The van der Waals surface area contributed by atoms with Crippen molar-refractivity contribution in [1.82, 2.24) is 9.21 Å². The van der Waals surface area contributed by atoms with Crippen molar-refractivity contribution in [2.75, 3.05) is 19.6 Å². The molecule has 0 N–H and O–H groups in total. The normalized spacial score (nSPS) is 19.5. The molecule has 0 spiro atoms. The molecule has 1 aromatic rings. The molecule has 5 nitrogen and oxygen atoms in total. The topological polar surface area (TPSA) is 57.7 Å². The number of nitrogens with zero attached hydrogens (tertiary/aromatic N) is 2. The molecule has 0 aliphatic carbocycles. The maximum absolute atomic E-state index is 12.6. The van der Waals surface area contributed by atoms with Gasteiger partial charge in [0.05, 0.1) is 10.9 Å². The van der Waals surface area contributed by atoms with Gasteiger partial charge < -0.3 is 0 Å². The lowest BCUT2D eigenvalue weighted by atomic mass is 10.2. The largest absolute Gasteiger partial charge is 0.292 e. The van der Waals surface area contributed by atoms with Crippen LogP contribution in [0.15, 0.2) is 29.2 Å². The van der Waals surface area contributed by atoms with Crippen molar-refractivity contribution in [3.8, 4) is 0 Å². The molecule has 1 aliphatic heterocycles. The molecule has 1 atom stereocenters. The summed E-state index contributed by atoms with van der Waals surface area (Å²) < 4.78 is 26.2. The first-order valence-electron chi connectivity index (χ1n) is 7.29. The van der Waals surface area contributed by atoms with Crippen LogP contribution in [0.1, 0.15) is 25.8 Å². The van der Waals surface area contributed by atoms with E-state index >= 15 is 0 Å². The van der Waals surface area contributed by atoms with Gasteiger partial charge in [0.15, 0.2) is 0 Å². The number of aryl methyl sites for hydroxylation is 1. The standard InChI is InChI=1S/C15H22N2O3S/c1-4-16(5-2)14-10-11-17(15(14)18)21(19,20)13-8-6-12(3)7-9-13/h6-9,14H,4-5,10-11H2,1-3H3. The van der Waals surface area contributed by atoms with Crippen LogP contribution >= 0.6 is 0 Å². The quantitative estimate of drug-likeness (QED) is 0.829. The van der Waals surface area contributed by atoms with Crippen molar-refractivity contribution in [2.45, 2.75) is 38.1 Å². The van der Waals surface area contributed by atoms with Gasteiger partial charge in [-0.15, -0.1) is 0 Å². The summed E-state index contributed by atoms with van der Waals surface area (Å²) in [6.45, 7) is 7.60. The van der Waals surface area contributed by atoms with E-state index in [2.05, 4.69) is 0 Å². The minimum absolute atomic E-state index is 0.182. The number of rotatable bonds is 5. The van der Waals surface area contributed by atoms with Crippen LogP contribution in [0.2, 0.25) is 0 Å². The highest BCUT2D eigenvalue weighted by molar-refractivity contribution is 7.89. The maximum Gasteiger partial charge on any atom is 0.266 e. The molecule has 1 amide bonds. The molecule has 1 saturated heterocycles. The van der Waals surface area contributed by atoms with Crippen LogP contribution in [0.25, 0.3) is 0 Å². The molecule has 1 heterocycles. The van der Waals surface area contributed by atoms with Crippen molar-refractivity contribution in [3.63, 3.8) is 0 Å². The van der Waals surface area contributed by atoms with Crippen LogP contribution < -0.4 is 0 Å². The maximum atomic E-state index is 12.6. The van der Waals surface area contributed by atoms with Crippen LogP contribution in [0.4, 0.5) is 0 Å². The zero-order valence-corrected chi connectivity index (χ0v) is 13.6. The second-order valence-corrected chi connectivity index (χ2v) is 7.12. The Kier molecular flexibility index (Phi) is 4.68. The summed E-state index contributed by atoms with van der Waals surface area (Å²) in [5.74, 6) is -0.306. The summed E-state index contributed by atoms with van der Waals surface area (Å²) in [6, 6.07) is 6.29. The Labute approximate surface area is 126 Å². The molecule has 0 bridgehead atoms. The van der Waals surface area contributed by atoms with Gasteiger partial charge in [-0.1, -0.05) is 31.5 Å². The molecule has 21 heavy (non-hydrogen) atoms. The Hall–Kier alpha value is -1.40. The minimum Gasteiger partial charge on any atom is -0.292 e. The van der Waals surface area contributed by atoms with E-state index in [-0.39, 0.29) is 23.4 Å². The minimum atomic E-state index is -3.73. The Morgan fingerprint density at radius 1 is 1.19 bits per heavy atom. The van der Waals surface area contributed by atoms with Gasteiger partial charge in [-0.3, -0.25) is 9.69 Å². The molecule has 116 valence electrons. The number of benzene rings is 1. The average Bonchev–Trinajstić information content (AvgIpc) is 2.84. The van der Waals surface area contributed by atoms with Crippen molar-refractivity contribution >= 4 is 15.9 Å². The van der Waals surface area contributed by atoms with Crippen LogP contribution in [-0.4, -0.2) is 49.2 Å². The predicted octanol–water partition coefficient (Wildman–Crippen LogP) is 1.63. The van der Waals surface area contributed by atoms with E-state index in [4.69, 9.17) is 0 Å². The zero-order valence-electron chi connectivity index (χ0n) is 12.7. The molecule has 6 heteroatoms. The third-order valence-corrected chi connectivity index (χ3v) is 5.81. The number of carbonyl (C=O) groups is 1.